The number of rotatable bonds is 4. The summed E-state index contributed by atoms with van der Waals surface area (Å²) < 4.78 is 2.19. The molecule has 1 unspecified atom stereocenters. The number of anilines is 1. The maximum Gasteiger partial charge on any atom is 0.138 e. The van der Waals surface area contributed by atoms with Gasteiger partial charge in [-0.2, -0.15) is 0 Å². The van der Waals surface area contributed by atoms with Crippen LogP contribution in [0.1, 0.15) is 26.7 Å². The molecule has 20 heavy (non-hydrogen) atoms. The predicted octanol–water partition coefficient (Wildman–Crippen LogP) is 2.55. The van der Waals surface area contributed by atoms with Crippen molar-refractivity contribution >= 4 is 11.5 Å². The Morgan fingerprint density at radius 2 is 2.30 bits per heavy atom. The highest BCUT2D eigenvalue weighted by atomic mass is 15.2. The van der Waals surface area contributed by atoms with E-state index in [0.29, 0.717) is 6.04 Å². The minimum absolute atomic E-state index is 0.572. The smallest absolute Gasteiger partial charge is 0.138 e. The van der Waals surface area contributed by atoms with E-state index in [4.69, 9.17) is 0 Å². The molecule has 1 atom stereocenters. The second-order valence-corrected chi connectivity index (χ2v) is 6.06. The van der Waals surface area contributed by atoms with Crippen molar-refractivity contribution in [1.82, 2.24) is 14.7 Å². The van der Waals surface area contributed by atoms with Crippen LogP contribution in [-0.2, 0) is 0 Å². The molecule has 0 aliphatic carbocycles. The topological polar surface area (TPSA) is 32.6 Å². The lowest BCUT2D eigenvalue weighted by Crippen LogP contribution is -2.41. The minimum Gasteiger partial charge on any atom is -0.357 e. The largest absolute Gasteiger partial charge is 0.357 e. The molecule has 4 heteroatoms. The van der Waals surface area contributed by atoms with E-state index in [1.165, 1.54) is 18.7 Å². The van der Waals surface area contributed by atoms with E-state index in [0.717, 1.165) is 31.2 Å². The molecule has 108 valence electrons. The lowest BCUT2D eigenvalue weighted by Gasteiger charge is -2.35. The van der Waals surface area contributed by atoms with Gasteiger partial charge in [0.15, 0.2) is 0 Å². The van der Waals surface area contributed by atoms with Crippen molar-refractivity contribution < 1.29 is 0 Å². The quantitative estimate of drug-likeness (QED) is 0.928. The van der Waals surface area contributed by atoms with E-state index in [9.17, 15) is 0 Å². The van der Waals surface area contributed by atoms with Gasteiger partial charge in [0.2, 0.25) is 0 Å². The molecule has 0 saturated carbocycles. The van der Waals surface area contributed by atoms with Gasteiger partial charge < -0.3 is 10.2 Å². The molecule has 0 radical (unpaired) electrons. The average molecular weight is 272 g/mol. The lowest BCUT2D eigenvalue weighted by molar-refractivity contribution is 0.378. The fraction of sp³-hybridized carbons (Fsp3) is 0.562. The van der Waals surface area contributed by atoms with E-state index in [2.05, 4.69) is 57.8 Å². The van der Waals surface area contributed by atoms with Crippen LogP contribution >= 0.6 is 0 Å². The van der Waals surface area contributed by atoms with Crippen molar-refractivity contribution in [2.24, 2.45) is 5.92 Å². The van der Waals surface area contributed by atoms with Crippen LogP contribution in [0.15, 0.2) is 30.6 Å². The number of fused-ring (bicyclic) bond motifs is 1. The number of imidazole rings is 1. The van der Waals surface area contributed by atoms with Gasteiger partial charge in [-0.1, -0.05) is 19.9 Å². The summed E-state index contributed by atoms with van der Waals surface area (Å²) in [6.45, 7) is 7.83. The molecule has 0 spiro atoms. The van der Waals surface area contributed by atoms with Crippen LogP contribution in [0.4, 0.5) is 5.82 Å². The molecule has 0 aromatic carbocycles. The molecule has 1 fully saturated rings. The maximum absolute atomic E-state index is 4.38. The maximum atomic E-state index is 4.38. The first kappa shape index (κ1) is 13.4. The normalized spacial score (nSPS) is 19.9. The van der Waals surface area contributed by atoms with Gasteiger partial charge in [0.25, 0.3) is 0 Å². The van der Waals surface area contributed by atoms with Crippen molar-refractivity contribution in [1.29, 1.82) is 0 Å². The van der Waals surface area contributed by atoms with Gasteiger partial charge in [-0.15, -0.1) is 0 Å². The van der Waals surface area contributed by atoms with Gasteiger partial charge in [0.05, 0.1) is 0 Å². The highest BCUT2D eigenvalue weighted by Crippen LogP contribution is 2.23. The highest BCUT2D eigenvalue weighted by Gasteiger charge is 2.21. The summed E-state index contributed by atoms with van der Waals surface area (Å²) in [7, 11) is 0. The van der Waals surface area contributed by atoms with E-state index >= 15 is 0 Å². The molecule has 3 heterocycles. The summed E-state index contributed by atoms with van der Waals surface area (Å²) in [5.41, 5.74) is 1.03. The third-order valence-corrected chi connectivity index (χ3v) is 4.06. The van der Waals surface area contributed by atoms with Gasteiger partial charge in [0, 0.05) is 31.5 Å². The van der Waals surface area contributed by atoms with E-state index in [1.54, 1.807) is 0 Å². The number of hydrogen-bond donors (Lipinski definition) is 1. The molecule has 3 rings (SSSR count). The molecule has 1 saturated heterocycles. The number of hydrogen-bond acceptors (Lipinski definition) is 3. The van der Waals surface area contributed by atoms with Crippen molar-refractivity contribution in [2.75, 3.05) is 24.5 Å². The van der Waals surface area contributed by atoms with Crippen LogP contribution in [0.3, 0.4) is 0 Å². The Morgan fingerprint density at radius 3 is 3.15 bits per heavy atom. The Balaban J connectivity index is 1.75. The average Bonchev–Trinajstić information content (AvgIpc) is 2.93. The SMILES string of the molecule is CC(C)NCC1CCCN(c2cccc3nccn23)C1. The van der Waals surface area contributed by atoms with E-state index in [-0.39, 0.29) is 0 Å². The zero-order valence-corrected chi connectivity index (χ0v) is 12.4. The first-order valence-corrected chi connectivity index (χ1v) is 7.64. The molecule has 1 aliphatic rings. The summed E-state index contributed by atoms with van der Waals surface area (Å²) in [5, 5.41) is 3.57. The third kappa shape index (κ3) is 2.80. The molecule has 2 aromatic heterocycles. The van der Waals surface area contributed by atoms with Crippen LogP contribution in [0.5, 0.6) is 0 Å². The Labute approximate surface area is 120 Å². The van der Waals surface area contributed by atoms with Crippen molar-refractivity contribution in [2.45, 2.75) is 32.7 Å². The zero-order chi connectivity index (χ0) is 13.9. The summed E-state index contributed by atoms with van der Waals surface area (Å²) in [6.07, 6.45) is 6.53. The van der Waals surface area contributed by atoms with E-state index < -0.39 is 0 Å². The van der Waals surface area contributed by atoms with Gasteiger partial charge in [-0.3, -0.25) is 4.40 Å². The Bertz CT molecular complexity index is 560. The number of piperidine rings is 1. The molecule has 4 nitrogen and oxygen atoms in total. The molecule has 1 aliphatic heterocycles. The standard InChI is InChI=1S/C16H24N4/c1-13(2)18-11-14-5-4-9-19(12-14)16-7-3-6-15-17-8-10-20(15)16/h3,6-8,10,13-14,18H,4-5,9,11-12H2,1-2H3. The number of nitrogens with one attached hydrogen (secondary N) is 1. The van der Waals surface area contributed by atoms with Gasteiger partial charge >= 0.3 is 0 Å². The molecular weight excluding hydrogens is 248 g/mol. The Hall–Kier alpha value is -1.55. The molecule has 0 amide bonds. The highest BCUT2D eigenvalue weighted by molar-refractivity contribution is 5.51. The minimum atomic E-state index is 0.572. The van der Waals surface area contributed by atoms with Crippen molar-refractivity contribution in [3.63, 3.8) is 0 Å². The second kappa shape index (κ2) is 5.83. The molecule has 1 N–H and O–H groups in total. The zero-order valence-electron chi connectivity index (χ0n) is 12.4. The van der Waals surface area contributed by atoms with E-state index in [1.807, 2.05) is 6.20 Å². The van der Waals surface area contributed by atoms with Gasteiger partial charge in [-0.05, 0) is 37.4 Å². The summed E-state index contributed by atoms with van der Waals surface area (Å²) >= 11 is 0. The number of pyridine rings is 1. The first-order chi connectivity index (χ1) is 9.74. The van der Waals surface area contributed by atoms with Crippen molar-refractivity contribution in [3.05, 3.63) is 30.6 Å². The van der Waals surface area contributed by atoms with Crippen LogP contribution in [0, 0.1) is 5.92 Å². The van der Waals surface area contributed by atoms with Crippen LogP contribution in [0.2, 0.25) is 0 Å². The van der Waals surface area contributed by atoms with Crippen molar-refractivity contribution in [3.8, 4) is 0 Å². The summed E-state index contributed by atoms with van der Waals surface area (Å²) in [5.74, 6) is 2.01. The monoisotopic (exact) mass is 272 g/mol. The second-order valence-electron chi connectivity index (χ2n) is 6.06. The van der Waals surface area contributed by atoms with Crippen LogP contribution < -0.4 is 10.2 Å². The van der Waals surface area contributed by atoms with Gasteiger partial charge in [0.1, 0.15) is 11.5 Å². The first-order valence-electron chi connectivity index (χ1n) is 7.64. The summed E-state index contributed by atoms with van der Waals surface area (Å²) in [4.78, 5) is 6.88. The Kier molecular flexibility index (Phi) is 3.92. The Morgan fingerprint density at radius 1 is 1.40 bits per heavy atom. The molecular formula is C16H24N4. The summed E-state index contributed by atoms with van der Waals surface area (Å²) in [6, 6.07) is 6.94. The fourth-order valence-electron chi connectivity index (χ4n) is 3.03. The lowest BCUT2D eigenvalue weighted by atomic mass is 9.97. The third-order valence-electron chi connectivity index (χ3n) is 4.06. The predicted molar refractivity (Wildman–Crippen MR) is 83.3 cm³/mol. The van der Waals surface area contributed by atoms with Crippen LogP contribution in [-0.4, -0.2) is 35.1 Å². The molecule has 0 bridgehead atoms. The number of aromatic nitrogens is 2. The molecule has 2 aromatic rings. The fourth-order valence-corrected chi connectivity index (χ4v) is 3.03. The van der Waals surface area contributed by atoms with Crippen LogP contribution in [0.25, 0.3) is 5.65 Å². The number of nitrogens with zero attached hydrogens (tertiary/aromatic N) is 3. The van der Waals surface area contributed by atoms with Gasteiger partial charge in [-0.25, -0.2) is 4.98 Å².